The van der Waals surface area contributed by atoms with Crippen molar-refractivity contribution in [1.29, 1.82) is 0 Å². The van der Waals surface area contributed by atoms with Gasteiger partial charge >= 0.3 is 5.97 Å². The first-order valence-corrected chi connectivity index (χ1v) is 6.08. The van der Waals surface area contributed by atoms with Crippen molar-refractivity contribution in [2.24, 2.45) is 0 Å². The van der Waals surface area contributed by atoms with E-state index < -0.39 is 5.97 Å². The van der Waals surface area contributed by atoms with E-state index in [0.717, 1.165) is 17.8 Å². The Bertz CT molecular complexity index is 646. The Hall–Kier alpha value is -2.24. The third kappa shape index (κ3) is 2.21. The number of carbonyl (C=O) groups is 1. The van der Waals surface area contributed by atoms with Gasteiger partial charge in [0.1, 0.15) is 0 Å². The molecule has 6 nitrogen and oxygen atoms in total. The summed E-state index contributed by atoms with van der Waals surface area (Å²) in [5, 5.41) is 13.4. The summed E-state index contributed by atoms with van der Waals surface area (Å²) in [6, 6.07) is 0. The molecule has 0 aromatic carbocycles. The molecule has 2 heterocycles. The number of aromatic nitrogens is 4. The molecule has 19 heavy (non-hydrogen) atoms. The van der Waals surface area contributed by atoms with Crippen LogP contribution in [0.3, 0.4) is 0 Å². The molecule has 1 N–H and O–H groups in total. The number of carboxylic acids is 1. The molecule has 6 heteroatoms. The normalized spacial score (nSPS) is 10.7. The number of hydrogen-bond donors (Lipinski definition) is 1. The van der Waals surface area contributed by atoms with Crippen LogP contribution in [0.15, 0.2) is 6.20 Å². The molecule has 0 fully saturated rings. The minimum atomic E-state index is -1.02. The largest absolute Gasteiger partial charge is 0.478 e. The van der Waals surface area contributed by atoms with Gasteiger partial charge in [-0.3, -0.25) is 0 Å². The van der Waals surface area contributed by atoms with E-state index in [-0.39, 0.29) is 5.56 Å². The predicted octanol–water partition coefficient (Wildman–Crippen LogP) is 1.85. The van der Waals surface area contributed by atoms with Crippen LogP contribution in [-0.4, -0.2) is 30.8 Å². The lowest BCUT2D eigenvalue weighted by molar-refractivity contribution is 0.0695. The van der Waals surface area contributed by atoms with E-state index in [1.54, 1.807) is 11.6 Å². The van der Waals surface area contributed by atoms with Gasteiger partial charge in [0.2, 0.25) is 0 Å². The van der Waals surface area contributed by atoms with Crippen LogP contribution in [0.25, 0.3) is 5.95 Å². The van der Waals surface area contributed by atoms with E-state index in [1.165, 1.54) is 11.8 Å². The third-order valence-corrected chi connectivity index (χ3v) is 3.18. The fraction of sp³-hybridized carbons (Fsp3) is 0.385. The Morgan fingerprint density at radius 3 is 2.47 bits per heavy atom. The second kappa shape index (κ2) is 4.79. The van der Waals surface area contributed by atoms with Gasteiger partial charge in [0.25, 0.3) is 5.95 Å². The molecule has 2 rings (SSSR count). The van der Waals surface area contributed by atoms with E-state index in [1.807, 2.05) is 13.8 Å². The van der Waals surface area contributed by atoms with Gasteiger partial charge in [-0.2, -0.15) is 5.10 Å². The molecular weight excluding hydrogens is 244 g/mol. The van der Waals surface area contributed by atoms with Gasteiger partial charge in [-0.05, 0) is 32.8 Å². The summed E-state index contributed by atoms with van der Waals surface area (Å²) in [6.07, 6.45) is 2.21. The van der Waals surface area contributed by atoms with Crippen molar-refractivity contribution in [3.05, 3.63) is 34.4 Å². The fourth-order valence-electron chi connectivity index (χ4n) is 2.15. The van der Waals surface area contributed by atoms with Gasteiger partial charge in [-0.15, -0.1) is 0 Å². The summed E-state index contributed by atoms with van der Waals surface area (Å²) in [7, 11) is 0. The summed E-state index contributed by atoms with van der Waals surface area (Å²) in [4.78, 5) is 19.3. The molecule has 0 saturated carbocycles. The molecule has 0 radical (unpaired) electrons. The summed E-state index contributed by atoms with van der Waals surface area (Å²) in [5.74, 6) is -0.616. The average Bonchev–Trinajstić information content (AvgIpc) is 2.63. The van der Waals surface area contributed by atoms with Crippen LogP contribution in [-0.2, 0) is 6.42 Å². The second-order valence-corrected chi connectivity index (χ2v) is 4.39. The van der Waals surface area contributed by atoms with Gasteiger partial charge in [0.05, 0.1) is 17.0 Å². The zero-order chi connectivity index (χ0) is 14.2. The highest BCUT2D eigenvalue weighted by Crippen LogP contribution is 2.16. The number of aryl methyl sites for hydroxylation is 2. The number of hydrogen-bond acceptors (Lipinski definition) is 4. The maximum atomic E-state index is 10.9. The van der Waals surface area contributed by atoms with Crippen LogP contribution in [0.4, 0.5) is 0 Å². The zero-order valence-electron chi connectivity index (χ0n) is 11.4. The Kier molecular flexibility index (Phi) is 3.33. The van der Waals surface area contributed by atoms with Crippen LogP contribution in [0.1, 0.15) is 39.9 Å². The van der Waals surface area contributed by atoms with Crippen molar-refractivity contribution in [2.75, 3.05) is 0 Å². The van der Waals surface area contributed by atoms with Gasteiger partial charge < -0.3 is 5.11 Å². The summed E-state index contributed by atoms with van der Waals surface area (Å²) < 4.78 is 1.66. The standard InChI is InChI=1S/C13H16N4O2/c1-5-10-8(3)16-17(9(10)4)13-14-6-11(12(18)19)7(2)15-13/h6H,5H2,1-4H3,(H,18,19). The zero-order valence-corrected chi connectivity index (χ0v) is 11.4. The molecular formula is C13H16N4O2. The molecule has 0 amide bonds. The number of carboxylic acid groups (broad SMARTS) is 1. The van der Waals surface area contributed by atoms with Crippen molar-refractivity contribution in [3.63, 3.8) is 0 Å². The van der Waals surface area contributed by atoms with Crippen molar-refractivity contribution in [3.8, 4) is 5.95 Å². The predicted molar refractivity (Wildman–Crippen MR) is 69.7 cm³/mol. The minimum Gasteiger partial charge on any atom is -0.478 e. The number of rotatable bonds is 3. The van der Waals surface area contributed by atoms with Crippen molar-refractivity contribution >= 4 is 5.97 Å². The van der Waals surface area contributed by atoms with Crippen LogP contribution in [0.5, 0.6) is 0 Å². The molecule has 0 spiro atoms. The molecule has 100 valence electrons. The molecule has 0 unspecified atom stereocenters. The Labute approximate surface area is 111 Å². The van der Waals surface area contributed by atoms with Crippen molar-refractivity contribution < 1.29 is 9.90 Å². The van der Waals surface area contributed by atoms with Gasteiger partial charge in [0.15, 0.2) is 0 Å². The van der Waals surface area contributed by atoms with Crippen LogP contribution in [0, 0.1) is 20.8 Å². The highest BCUT2D eigenvalue weighted by molar-refractivity contribution is 5.88. The maximum Gasteiger partial charge on any atom is 0.339 e. The highest BCUT2D eigenvalue weighted by Gasteiger charge is 2.15. The maximum absolute atomic E-state index is 10.9. The second-order valence-electron chi connectivity index (χ2n) is 4.39. The third-order valence-electron chi connectivity index (χ3n) is 3.18. The lowest BCUT2D eigenvalue weighted by Crippen LogP contribution is -2.10. The molecule has 0 atom stereocenters. The van der Waals surface area contributed by atoms with Crippen LogP contribution < -0.4 is 0 Å². The van der Waals surface area contributed by atoms with Crippen molar-refractivity contribution in [2.45, 2.75) is 34.1 Å². The summed E-state index contributed by atoms with van der Waals surface area (Å²) >= 11 is 0. The SMILES string of the molecule is CCc1c(C)nn(-c2ncc(C(=O)O)c(C)n2)c1C. The monoisotopic (exact) mass is 260 g/mol. The first-order chi connectivity index (χ1) is 8.95. The molecule has 0 aliphatic heterocycles. The average molecular weight is 260 g/mol. The van der Waals surface area contributed by atoms with Gasteiger partial charge in [-0.25, -0.2) is 19.4 Å². The topological polar surface area (TPSA) is 80.9 Å². The fourth-order valence-corrected chi connectivity index (χ4v) is 2.15. The molecule has 2 aromatic rings. The Balaban J connectivity index is 2.54. The molecule has 0 saturated heterocycles. The van der Waals surface area contributed by atoms with E-state index in [2.05, 4.69) is 22.0 Å². The first-order valence-electron chi connectivity index (χ1n) is 6.08. The molecule has 2 aromatic heterocycles. The molecule has 0 bridgehead atoms. The smallest absolute Gasteiger partial charge is 0.339 e. The first kappa shape index (κ1) is 13.2. The van der Waals surface area contributed by atoms with E-state index in [9.17, 15) is 4.79 Å². The minimum absolute atomic E-state index is 0.112. The van der Waals surface area contributed by atoms with Gasteiger partial charge in [-0.1, -0.05) is 6.92 Å². The quantitative estimate of drug-likeness (QED) is 0.910. The highest BCUT2D eigenvalue weighted by atomic mass is 16.4. The van der Waals surface area contributed by atoms with Crippen LogP contribution >= 0.6 is 0 Å². The van der Waals surface area contributed by atoms with Crippen molar-refractivity contribution in [1.82, 2.24) is 19.7 Å². The number of nitrogens with zero attached hydrogens (tertiary/aromatic N) is 4. The summed E-state index contributed by atoms with van der Waals surface area (Å²) in [5.41, 5.74) is 3.65. The Morgan fingerprint density at radius 1 is 1.32 bits per heavy atom. The molecule has 0 aliphatic carbocycles. The lowest BCUT2D eigenvalue weighted by atomic mass is 10.1. The van der Waals surface area contributed by atoms with Gasteiger partial charge in [0, 0.05) is 11.9 Å². The number of aromatic carboxylic acids is 1. The van der Waals surface area contributed by atoms with E-state index in [0.29, 0.717) is 11.6 Å². The summed E-state index contributed by atoms with van der Waals surface area (Å²) in [6.45, 7) is 7.63. The lowest BCUT2D eigenvalue weighted by Gasteiger charge is -2.05. The molecule has 0 aliphatic rings. The Morgan fingerprint density at radius 2 is 2.00 bits per heavy atom. The van der Waals surface area contributed by atoms with Crippen LogP contribution in [0.2, 0.25) is 0 Å². The van der Waals surface area contributed by atoms with E-state index >= 15 is 0 Å². The van der Waals surface area contributed by atoms with E-state index in [4.69, 9.17) is 5.11 Å².